The third-order valence-corrected chi connectivity index (χ3v) is 1.00. The van der Waals surface area contributed by atoms with Gasteiger partial charge < -0.3 is 10.5 Å². The quantitative estimate of drug-likeness (QED) is 0.558. The summed E-state index contributed by atoms with van der Waals surface area (Å²) in [6, 6.07) is 0. The van der Waals surface area contributed by atoms with Crippen molar-refractivity contribution < 1.29 is 14.4 Å². The molecular formula is C8H19ClN2O3. The Bertz CT molecular complexity index is 159. The van der Waals surface area contributed by atoms with E-state index < -0.39 is 11.7 Å². The van der Waals surface area contributed by atoms with Crippen LogP contribution in [-0.4, -0.2) is 24.8 Å². The molecule has 3 N–H and O–H groups in total. The van der Waals surface area contributed by atoms with Gasteiger partial charge in [0, 0.05) is 0 Å². The molecular weight excluding hydrogens is 208 g/mol. The first-order valence-corrected chi connectivity index (χ1v) is 4.26. The highest BCUT2D eigenvalue weighted by Gasteiger charge is 2.15. The minimum atomic E-state index is -0.579. The Morgan fingerprint density at radius 1 is 1.43 bits per heavy atom. The molecule has 0 fully saturated rings. The normalized spacial score (nSPS) is 10.3. The average molecular weight is 227 g/mol. The van der Waals surface area contributed by atoms with E-state index in [0.29, 0.717) is 19.6 Å². The van der Waals surface area contributed by atoms with Gasteiger partial charge in [0.25, 0.3) is 0 Å². The number of halogens is 1. The molecule has 0 aromatic carbocycles. The highest BCUT2D eigenvalue weighted by Crippen LogP contribution is 2.06. The van der Waals surface area contributed by atoms with Gasteiger partial charge in [0.2, 0.25) is 0 Å². The van der Waals surface area contributed by atoms with E-state index in [2.05, 4.69) is 5.48 Å². The predicted octanol–water partition coefficient (Wildman–Crippen LogP) is 1.21. The highest BCUT2D eigenvalue weighted by molar-refractivity contribution is 5.85. The number of ether oxygens (including phenoxy) is 1. The van der Waals surface area contributed by atoms with E-state index >= 15 is 0 Å². The Morgan fingerprint density at radius 3 is 2.43 bits per heavy atom. The molecule has 0 radical (unpaired) electrons. The summed E-state index contributed by atoms with van der Waals surface area (Å²) < 4.78 is 4.91. The van der Waals surface area contributed by atoms with Crippen LogP contribution in [0.1, 0.15) is 27.2 Å². The molecule has 0 aliphatic carbocycles. The lowest BCUT2D eigenvalue weighted by atomic mass is 10.2. The molecule has 1 amide bonds. The zero-order valence-electron chi connectivity index (χ0n) is 8.83. The summed E-state index contributed by atoms with van der Waals surface area (Å²) in [4.78, 5) is 15.7. The average Bonchev–Trinajstić information content (AvgIpc) is 1.94. The van der Waals surface area contributed by atoms with Gasteiger partial charge in [-0.3, -0.25) is 4.84 Å². The van der Waals surface area contributed by atoms with E-state index in [4.69, 9.17) is 15.3 Å². The summed E-state index contributed by atoms with van der Waals surface area (Å²) >= 11 is 0. The van der Waals surface area contributed by atoms with E-state index in [9.17, 15) is 4.79 Å². The Morgan fingerprint density at radius 2 is 2.00 bits per heavy atom. The third kappa shape index (κ3) is 11.5. The van der Waals surface area contributed by atoms with Crippen molar-refractivity contribution in [3.63, 3.8) is 0 Å². The smallest absolute Gasteiger partial charge is 0.431 e. The Hall–Kier alpha value is -0.520. The molecule has 0 saturated heterocycles. The zero-order valence-corrected chi connectivity index (χ0v) is 9.65. The van der Waals surface area contributed by atoms with E-state index in [-0.39, 0.29) is 12.4 Å². The number of rotatable bonds is 4. The number of carbonyl (C=O) groups is 1. The summed E-state index contributed by atoms with van der Waals surface area (Å²) in [6.45, 7) is 6.29. The van der Waals surface area contributed by atoms with Gasteiger partial charge >= 0.3 is 6.09 Å². The lowest BCUT2D eigenvalue weighted by Crippen LogP contribution is -2.32. The standard InChI is InChI=1S/C8H18N2O3.ClH/c1-8(2,3)13-7(11)10-12-6-4-5-9;/h4-6,9H2,1-3H3,(H,10,11);1H. The molecule has 0 bridgehead atoms. The second-order valence-corrected chi connectivity index (χ2v) is 3.59. The number of hydroxylamine groups is 1. The number of hydrogen-bond donors (Lipinski definition) is 2. The first-order valence-electron chi connectivity index (χ1n) is 4.26. The zero-order chi connectivity index (χ0) is 10.3. The van der Waals surface area contributed by atoms with Crippen LogP contribution >= 0.6 is 12.4 Å². The maximum atomic E-state index is 10.9. The van der Waals surface area contributed by atoms with Gasteiger partial charge in [-0.2, -0.15) is 5.48 Å². The first-order chi connectivity index (χ1) is 5.95. The molecule has 0 spiro atoms. The van der Waals surface area contributed by atoms with Crippen molar-refractivity contribution in [2.24, 2.45) is 5.73 Å². The van der Waals surface area contributed by atoms with Gasteiger partial charge in [0.15, 0.2) is 0 Å². The van der Waals surface area contributed by atoms with E-state index in [1.54, 1.807) is 20.8 Å². The van der Waals surface area contributed by atoms with Crippen molar-refractivity contribution in [3.8, 4) is 0 Å². The molecule has 0 atom stereocenters. The molecule has 86 valence electrons. The minimum Gasteiger partial charge on any atom is -0.442 e. The molecule has 0 saturated carbocycles. The van der Waals surface area contributed by atoms with Crippen LogP contribution in [0.4, 0.5) is 4.79 Å². The number of nitrogens with two attached hydrogens (primary N) is 1. The molecule has 0 aromatic rings. The lowest BCUT2D eigenvalue weighted by molar-refractivity contribution is -0.00784. The summed E-state index contributed by atoms with van der Waals surface area (Å²) in [5.74, 6) is 0. The number of hydrogen-bond acceptors (Lipinski definition) is 4. The SMILES string of the molecule is CC(C)(C)OC(=O)NOCCCN.Cl. The van der Waals surface area contributed by atoms with Crippen LogP contribution in [0, 0.1) is 0 Å². The minimum absolute atomic E-state index is 0. The lowest BCUT2D eigenvalue weighted by Gasteiger charge is -2.19. The van der Waals surface area contributed by atoms with Crippen molar-refractivity contribution in [1.29, 1.82) is 0 Å². The van der Waals surface area contributed by atoms with Crippen molar-refractivity contribution in [2.75, 3.05) is 13.2 Å². The molecule has 6 heteroatoms. The molecule has 14 heavy (non-hydrogen) atoms. The summed E-state index contributed by atoms with van der Waals surface area (Å²) in [7, 11) is 0. The highest BCUT2D eigenvalue weighted by atomic mass is 35.5. The van der Waals surface area contributed by atoms with Crippen molar-refractivity contribution in [3.05, 3.63) is 0 Å². The van der Waals surface area contributed by atoms with Crippen LogP contribution in [-0.2, 0) is 9.57 Å². The fraction of sp³-hybridized carbons (Fsp3) is 0.875. The largest absolute Gasteiger partial charge is 0.442 e. The monoisotopic (exact) mass is 226 g/mol. The molecule has 0 unspecified atom stereocenters. The fourth-order valence-corrected chi connectivity index (χ4v) is 0.564. The summed E-state index contributed by atoms with van der Waals surface area (Å²) in [5, 5.41) is 0. The Balaban J connectivity index is 0. The Labute approximate surface area is 90.7 Å². The number of amides is 1. The van der Waals surface area contributed by atoms with Crippen LogP contribution in [0.5, 0.6) is 0 Å². The van der Waals surface area contributed by atoms with Crippen LogP contribution < -0.4 is 11.2 Å². The van der Waals surface area contributed by atoms with Gasteiger partial charge in [-0.15, -0.1) is 12.4 Å². The van der Waals surface area contributed by atoms with Crippen molar-refractivity contribution in [2.45, 2.75) is 32.8 Å². The number of nitrogens with one attached hydrogen (secondary N) is 1. The van der Waals surface area contributed by atoms with Crippen LogP contribution in [0.2, 0.25) is 0 Å². The van der Waals surface area contributed by atoms with Gasteiger partial charge in [0.05, 0.1) is 6.61 Å². The van der Waals surface area contributed by atoms with E-state index in [1.807, 2.05) is 0 Å². The van der Waals surface area contributed by atoms with Gasteiger partial charge in [-0.1, -0.05) is 0 Å². The topological polar surface area (TPSA) is 73.6 Å². The first kappa shape index (κ1) is 15.9. The third-order valence-electron chi connectivity index (χ3n) is 1.00. The van der Waals surface area contributed by atoms with E-state index in [1.165, 1.54) is 0 Å². The van der Waals surface area contributed by atoms with Crippen molar-refractivity contribution >= 4 is 18.5 Å². The van der Waals surface area contributed by atoms with Crippen molar-refractivity contribution in [1.82, 2.24) is 5.48 Å². The van der Waals surface area contributed by atoms with Crippen LogP contribution in [0.25, 0.3) is 0 Å². The molecule has 0 aliphatic heterocycles. The molecule has 0 rings (SSSR count). The molecule has 0 aliphatic rings. The second kappa shape index (κ2) is 7.84. The fourth-order valence-electron chi connectivity index (χ4n) is 0.564. The van der Waals surface area contributed by atoms with Gasteiger partial charge in [-0.05, 0) is 33.7 Å². The van der Waals surface area contributed by atoms with Gasteiger partial charge in [-0.25, -0.2) is 4.79 Å². The van der Waals surface area contributed by atoms with Crippen LogP contribution in [0.3, 0.4) is 0 Å². The Kier molecular flexibility index (Phi) is 8.93. The maximum absolute atomic E-state index is 10.9. The second-order valence-electron chi connectivity index (χ2n) is 3.59. The molecule has 0 heterocycles. The predicted molar refractivity (Wildman–Crippen MR) is 56.2 cm³/mol. The molecule has 5 nitrogen and oxygen atoms in total. The number of carbonyl (C=O) groups excluding carboxylic acids is 1. The van der Waals surface area contributed by atoms with Gasteiger partial charge in [0.1, 0.15) is 5.60 Å². The maximum Gasteiger partial charge on any atom is 0.431 e. The summed E-state index contributed by atoms with van der Waals surface area (Å²) in [5.41, 5.74) is 6.88. The summed E-state index contributed by atoms with van der Waals surface area (Å²) in [6.07, 6.45) is 0.125. The van der Waals surface area contributed by atoms with E-state index in [0.717, 1.165) is 0 Å². The molecule has 0 aromatic heterocycles. The van der Waals surface area contributed by atoms with Crippen LogP contribution in [0.15, 0.2) is 0 Å².